The van der Waals surface area contributed by atoms with Crippen LogP contribution in [0, 0.1) is 5.92 Å². The Bertz CT molecular complexity index is 335. The summed E-state index contributed by atoms with van der Waals surface area (Å²) in [6.07, 6.45) is 1.85. The highest BCUT2D eigenvalue weighted by Crippen LogP contribution is 2.17. The second-order valence-corrected chi connectivity index (χ2v) is 5.17. The van der Waals surface area contributed by atoms with Crippen molar-refractivity contribution in [2.75, 3.05) is 39.4 Å². The number of ether oxygens (including phenoxy) is 1. The number of hydrogen-bond acceptors (Lipinski definition) is 4. The van der Waals surface area contributed by atoms with E-state index in [1.165, 1.54) is 0 Å². The fraction of sp³-hybridized carbons (Fsp3) is 0.846. The zero-order chi connectivity index (χ0) is 13.7. The Morgan fingerprint density at radius 1 is 1.53 bits per heavy atom. The van der Waals surface area contributed by atoms with Crippen LogP contribution >= 0.6 is 0 Å². The topological polar surface area (TPSA) is 70.7 Å². The summed E-state index contributed by atoms with van der Waals surface area (Å²) in [6.45, 7) is 5.50. The van der Waals surface area contributed by atoms with E-state index in [0.717, 1.165) is 19.4 Å². The lowest BCUT2D eigenvalue weighted by Crippen LogP contribution is -2.47. The van der Waals surface area contributed by atoms with Crippen LogP contribution in [0.1, 0.15) is 19.8 Å². The molecule has 0 aromatic heterocycles. The van der Waals surface area contributed by atoms with E-state index in [1.807, 2.05) is 0 Å². The van der Waals surface area contributed by atoms with Gasteiger partial charge in [0.05, 0.1) is 25.7 Å². The molecule has 2 amide bonds. The van der Waals surface area contributed by atoms with Crippen LogP contribution in [0.3, 0.4) is 0 Å². The first kappa shape index (κ1) is 14.3. The molecule has 2 N–H and O–H groups in total. The molecule has 0 spiro atoms. The first-order chi connectivity index (χ1) is 9.22. The van der Waals surface area contributed by atoms with E-state index in [-0.39, 0.29) is 30.3 Å². The maximum absolute atomic E-state index is 12.5. The SMILES string of the molecule is CCCNC1COCC1C(=O)N1CCCNC(=O)C1. The third-order valence-electron chi connectivity index (χ3n) is 3.63. The van der Waals surface area contributed by atoms with Crippen LogP contribution in [0.4, 0.5) is 0 Å². The van der Waals surface area contributed by atoms with Gasteiger partial charge in [0.15, 0.2) is 0 Å². The van der Waals surface area contributed by atoms with Crippen molar-refractivity contribution in [3.05, 3.63) is 0 Å². The number of hydrogen-bond donors (Lipinski definition) is 2. The molecule has 0 bridgehead atoms. The van der Waals surface area contributed by atoms with E-state index >= 15 is 0 Å². The molecule has 0 aromatic rings. The molecular weight excluding hydrogens is 246 g/mol. The first-order valence-electron chi connectivity index (χ1n) is 7.09. The van der Waals surface area contributed by atoms with Gasteiger partial charge in [0.2, 0.25) is 11.8 Å². The van der Waals surface area contributed by atoms with E-state index in [2.05, 4.69) is 17.6 Å². The van der Waals surface area contributed by atoms with Crippen molar-refractivity contribution in [2.24, 2.45) is 5.92 Å². The van der Waals surface area contributed by atoms with Crippen LogP contribution < -0.4 is 10.6 Å². The highest BCUT2D eigenvalue weighted by molar-refractivity contribution is 5.86. The van der Waals surface area contributed by atoms with Crippen molar-refractivity contribution in [2.45, 2.75) is 25.8 Å². The van der Waals surface area contributed by atoms with Gasteiger partial charge < -0.3 is 20.3 Å². The standard InChI is InChI=1S/C13H23N3O3/c1-2-4-14-11-9-19-8-10(11)13(18)16-6-3-5-15-12(17)7-16/h10-11,14H,2-9H2,1H3,(H,15,17). The van der Waals surface area contributed by atoms with Gasteiger partial charge in [-0.25, -0.2) is 0 Å². The number of carbonyl (C=O) groups is 2. The summed E-state index contributed by atoms with van der Waals surface area (Å²) >= 11 is 0. The maximum Gasteiger partial charge on any atom is 0.239 e. The summed E-state index contributed by atoms with van der Waals surface area (Å²) in [6, 6.07) is 0.0822. The summed E-state index contributed by atoms with van der Waals surface area (Å²) in [7, 11) is 0. The van der Waals surface area contributed by atoms with Gasteiger partial charge in [0.1, 0.15) is 0 Å². The molecule has 0 aromatic carbocycles. The molecule has 2 rings (SSSR count). The van der Waals surface area contributed by atoms with Crippen molar-refractivity contribution in [3.8, 4) is 0 Å². The van der Waals surface area contributed by atoms with Gasteiger partial charge in [-0.2, -0.15) is 0 Å². The van der Waals surface area contributed by atoms with Crippen LogP contribution in [0.25, 0.3) is 0 Å². The van der Waals surface area contributed by atoms with Crippen molar-refractivity contribution in [1.82, 2.24) is 15.5 Å². The smallest absolute Gasteiger partial charge is 0.239 e. The van der Waals surface area contributed by atoms with Crippen molar-refractivity contribution >= 4 is 11.8 Å². The number of nitrogens with one attached hydrogen (secondary N) is 2. The molecule has 2 heterocycles. The number of rotatable bonds is 4. The predicted molar refractivity (Wildman–Crippen MR) is 70.6 cm³/mol. The van der Waals surface area contributed by atoms with Gasteiger partial charge in [-0.1, -0.05) is 6.92 Å². The minimum Gasteiger partial charge on any atom is -0.379 e. The van der Waals surface area contributed by atoms with E-state index in [4.69, 9.17) is 4.74 Å². The summed E-state index contributed by atoms with van der Waals surface area (Å²) in [5, 5.41) is 6.14. The fourth-order valence-corrected chi connectivity index (χ4v) is 2.56. The highest BCUT2D eigenvalue weighted by Gasteiger charge is 2.36. The molecule has 0 saturated carbocycles. The summed E-state index contributed by atoms with van der Waals surface area (Å²) in [5.74, 6) is -0.177. The second-order valence-electron chi connectivity index (χ2n) is 5.17. The average molecular weight is 269 g/mol. The van der Waals surface area contributed by atoms with Crippen molar-refractivity contribution < 1.29 is 14.3 Å². The Hall–Kier alpha value is -1.14. The molecule has 2 aliphatic heterocycles. The zero-order valence-electron chi connectivity index (χ0n) is 11.5. The van der Waals surface area contributed by atoms with Crippen LogP contribution in [-0.2, 0) is 14.3 Å². The van der Waals surface area contributed by atoms with Crippen molar-refractivity contribution in [3.63, 3.8) is 0 Å². The van der Waals surface area contributed by atoms with E-state index in [1.54, 1.807) is 4.90 Å². The van der Waals surface area contributed by atoms with Gasteiger partial charge in [-0.15, -0.1) is 0 Å². The Balaban J connectivity index is 1.95. The zero-order valence-corrected chi connectivity index (χ0v) is 11.5. The monoisotopic (exact) mass is 269 g/mol. The lowest BCUT2D eigenvalue weighted by molar-refractivity contribution is -0.139. The van der Waals surface area contributed by atoms with Crippen LogP contribution in [0.2, 0.25) is 0 Å². The summed E-state index contributed by atoms with van der Waals surface area (Å²) < 4.78 is 5.43. The van der Waals surface area contributed by atoms with Gasteiger partial charge in [-0.3, -0.25) is 9.59 Å². The molecule has 0 radical (unpaired) electrons. The molecule has 0 aliphatic carbocycles. The Morgan fingerprint density at radius 2 is 2.37 bits per heavy atom. The molecule has 2 fully saturated rings. The first-order valence-corrected chi connectivity index (χ1v) is 7.09. The van der Waals surface area contributed by atoms with E-state index in [0.29, 0.717) is 26.3 Å². The van der Waals surface area contributed by atoms with Crippen LogP contribution in [0.15, 0.2) is 0 Å². The van der Waals surface area contributed by atoms with Gasteiger partial charge in [-0.05, 0) is 19.4 Å². The normalized spacial score (nSPS) is 28.1. The van der Waals surface area contributed by atoms with Crippen LogP contribution in [0.5, 0.6) is 0 Å². The van der Waals surface area contributed by atoms with Crippen LogP contribution in [-0.4, -0.2) is 62.1 Å². The lowest BCUT2D eigenvalue weighted by atomic mass is 10.0. The molecule has 6 nitrogen and oxygen atoms in total. The molecule has 2 aliphatic rings. The second kappa shape index (κ2) is 6.86. The third-order valence-corrected chi connectivity index (χ3v) is 3.63. The Morgan fingerprint density at radius 3 is 3.16 bits per heavy atom. The Labute approximate surface area is 113 Å². The minimum absolute atomic E-state index is 0.0446. The average Bonchev–Trinajstić information content (AvgIpc) is 2.76. The molecule has 2 unspecified atom stereocenters. The predicted octanol–water partition coefficient (Wildman–Crippen LogP) is -0.650. The highest BCUT2D eigenvalue weighted by atomic mass is 16.5. The molecule has 6 heteroatoms. The van der Waals surface area contributed by atoms with Gasteiger partial charge >= 0.3 is 0 Å². The molecule has 2 saturated heterocycles. The number of amides is 2. The quantitative estimate of drug-likeness (QED) is 0.711. The molecule has 108 valence electrons. The summed E-state index contributed by atoms with van der Waals surface area (Å²) in [4.78, 5) is 25.7. The van der Waals surface area contributed by atoms with Gasteiger partial charge in [0, 0.05) is 19.1 Å². The van der Waals surface area contributed by atoms with E-state index < -0.39 is 0 Å². The van der Waals surface area contributed by atoms with Gasteiger partial charge in [0.25, 0.3) is 0 Å². The molecule has 2 atom stereocenters. The van der Waals surface area contributed by atoms with Crippen molar-refractivity contribution in [1.29, 1.82) is 0 Å². The minimum atomic E-state index is -0.155. The summed E-state index contributed by atoms with van der Waals surface area (Å²) in [5.41, 5.74) is 0. The largest absolute Gasteiger partial charge is 0.379 e. The molecular formula is C13H23N3O3. The fourth-order valence-electron chi connectivity index (χ4n) is 2.56. The Kier molecular flexibility index (Phi) is 5.15. The third kappa shape index (κ3) is 3.67. The lowest BCUT2D eigenvalue weighted by Gasteiger charge is -2.25. The van der Waals surface area contributed by atoms with E-state index in [9.17, 15) is 9.59 Å². The number of nitrogens with zero attached hydrogens (tertiary/aromatic N) is 1. The number of carbonyl (C=O) groups excluding carboxylic acids is 2. The maximum atomic E-state index is 12.5. The molecule has 19 heavy (non-hydrogen) atoms.